The molecule has 1 aromatic heterocycles. The molecule has 8 nitrogen and oxygen atoms in total. The average Bonchev–Trinajstić information content (AvgIpc) is 3.30. The molecular weight excluding hydrogens is 478 g/mol. The molecule has 0 atom stereocenters. The van der Waals surface area contributed by atoms with E-state index in [9.17, 15) is 4.79 Å². The lowest BCUT2D eigenvalue weighted by molar-refractivity contribution is 0.0977. The lowest BCUT2D eigenvalue weighted by Crippen LogP contribution is -2.34. The van der Waals surface area contributed by atoms with Crippen molar-refractivity contribution in [2.45, 2.75) is 19.8 Å². The van der Waals surface area contributed by atoms with Crippen LogP contribution in [0, 0.1) is 0 Å². The highest BCUT2D eigenvalue weighted by atomic mass is 32.1. The number of aromatic nitrogens is 1. The van der Waals surface area contributed by atoms with Crippen molar-refractivity contribution in [2.24, 2.45) is 0 Å². The normalized spacial score (nSPS) is 10.7. The highest BCUT2D eigenvalue weighted by molar-refractivity contribution is 7.80. The Morgan fingerprint density at radius 1 is 0.944 bits per heavy atom. The second-order valence-corrected chi connectivity index (χ2v) is 8.37. The molecule has 0 aliphatic carbocycles. The van der Waals surface area contributed by atoms with E-state index in [1.165, 1.54) is 26.9 Å². The summed E-state index contributed by atoms with van der Waals surface area (Å²) in [6.07, 6.45) is 1.52. The number of ether oxygens (including phenoxy) is 3. The van der Waals surface area contributed by atoms with Crippen LogP contribution in [0.2, 0.25) is 0 Å². The topological polar surface area (TPSA) is 94.9 Å². The van der Waals surface area contributed by atoms with Crippen LogP contribution in [-0.4, -0.2) is 37.3 Å². The Labute approximate surface area is 214 Å². The van der Waals surface area contributed by atoms with Crippen LogP contribution in [0.15, 0.2) is 59.0 Å². The van der Waals surface area contributed by atoms with Crippen molar-refractivity contribution < 1.29 is 23.4 Å². The summed E-state index contributed by atoms with van der Waals surface area (Å²) in [6.45, 7) is 2.11. The van der Waals surface area contributed by atoms with Crippen LogP contribution in [0.25, 0.3) is 11.1 Å². The van der Waals surface area contributed by atoms with Gasteiger partial charge >= 0.3 is 0 Å². The van der Waals surface area contributed by atoms with Gasteiger partial charge < -0.3 is 23.9 Å². The summed E-state index contributed by atoms with van der Waals surface area (Å²) in [4.78, 5) is 17.4. The van der Waals surface area contributed by atoms with Crippen molar-refractivity contribution in [2.75, 3.05) is 26.6 Å². The summed E-state index contributed by atoms with van der Waals surface area (Å²) in [7, 11) is 4.47. The van der Waals surface area contributed by atoms with Crippen molar-refractivity contribution in [3.8, 4) is 17.2 Å². The SMILES string of the molecule is CCc1ccc2oc(Cc3ccc(NC(=S)NC(=O)c4cc(OC)c(OC)c(OC)c4)cc3)nc2c1. The van der Waals surface area contributed by atoms with E-state index in [4.69, 9.17) is 30.8 Å². The molecule has 4 rings (SSSR count). The summed E-state index contributed by atoms with van der Waals surface area (Å²) in [5.41, 5.74) is 4.97. The molecule has 2 N–H and O–H groups in total. The molecule has 3 aromatic carbocycles. The number of thiocarbonyl (C=S) groups is 1. The Kier molecular flexibility index (Phi) is 7.70. The van der Waals surface area contributed by atoms with Crippen molar-refractivity contribution >= 4 is 40.0 Å². The van der Waals surface area contributed by atoms with Gasteiger partial charge in [0.1, 0.15) is 5.52 Å². The molecule has 0 saturated heterocycles. The zero-order valence-electron chi connectivity index (χ0n) is 20.5. The number of methoxy groups -OCH3 is 3. The quantitative estimate of drug-likeness (QED) is 0.318. The largest absolute Gasteiger partial charge is 0.493 e. The highest BCUT2D eigenvalue weighted by Crippen LogP contribution is 2.38. The minimum absolute atomic E-state index is 0.159. The number of rotatable bonds is 8. The van der Waals surface area contributed by atoms with Crippen molar-refractivity contribution in [3.05, 3.63) is 77.2 Å². The van der Waals surface area contributed by atoms with Gasteiger partial charge in [-0.15, -0.1) is 0 Å². The number of benzene rings is 3. The average molecular weight is 506 g/mol. The molecule has 0 fully saturated rings. The first-order valence-electron chi connectivity index (χ1n) is 11.3. The number of hydrogen-bond acceptors (Lipinski definition) is 7. The Bertz CT molecular complexity index is 1370. The summed E-state index contributed by atoms with van der Waals surface area (Å²) < 4.78 is 21.8. The van der Waals surface area contributed by atoms with Crippen LogP contribution in [0.4, 0.5) is 5.69 Å². The Hall–Kier alpha value is -4.11. The molecule has 0 radical (unpaired) electrons. The maximum absolute atomic E-state index is 12.7. The molecular formula is C27H27N3O5S. The number of hydrogen-bond donors (Lipinski definition) is 2. The van der Waals surface area contributed by atoms with Crippen LogP contribution in [0.1, 0.15) is 34.3 Å². The van der Waals surface area contributed by atoms with Gasteiger partial charge in [0, 0.05) is 17.7 Å². The second-order valence-electron chi connectivity index (χ2n) is 7.96. The number of amides is 1. The number of carbonyl (C=O) groups excluding carboxylic acids is 1. The molecule has 0 bridgehead atoms. The molecule has 1 amide bonds. The standard InChI is InChI=1S/C27H27N3O5S/c1-5-16-8-11-21-20(12-16)29-24(35-21)13-17-6-9-19(10-7-17)28-27(36)30-26(31)18-14-22(32-2)25(34-4)23(15-18)33-3/h6-12,14-15H,5,13H2,1-4H3,(H2,28,30,31,36). The lowest BCUT2D eigenvalue weighted by atomic mass is 10.1. The van der Waals surface area contributed by atoms with Crippen LogP contribution >= 0.6 is 12.2 Å². The Morgan fingerprint density at radius 3 is 2.22 bits per heavy atom. The maximum atomic E-state index is 12.7. The lowest BCUT2D eigenvalue weighted by Gasteiger charge is -2.14. The van der Waals surface area contributed by atoms with E-state index in [-0.39, 0.29) is 5.11 Å². The number of aryl methyl sites for hydroxylation is 1. The Morgan fingerprint density at radius 2 is 1.61 bits per heavy atom. The van der Waals surface area contributed by atoms with E-state index >= 15 is 0 Å². The van der Waals surface area contributed by atoms with E-state index in [0.29, 0.717) is 35.1 Å². The molecule has 0 unspecified atom stereocenters. The first-order valence-corrected chi connectivity index (χ1v) is 11.7. The van der Waals surface area contributed by atoms with Gasteiger partial charge in [0.2, 0.25) is 5.75 Å². The fourth-order valence-corrected chi connectivity index (χ4v) is 3.96. The number of carbonyl (C=O) groups is 1. The molecule has 186 valence electrons. The molecule has 0 aliphatic heterocycles. The highest BCUT2D eigenvalue weighted by Gasteiger charge is 2.18. The van der Waals surface area contributed by atoms with Crippen molar-refractivity contribution in [1.29, 1.82) is 0 Å². The predicted molar refractivity (Wildman–Crippen MR) is 142 cm³/mol. The predicted octanol–water partition coefficient (Wildman–Crippen LogP) is 5.13. The van der Waals surface area contributed by atoms with Gasteiger partial charge in [-0.3, -0.25) is 10.1 Å². The van der Waals surface area contributed by atoms with Gasteiger partial charge in [-0.05, 0) is 66.2 Å². The van der Waals surface area contributed by atoms with Crippen molar-refractivity contribution in [3.63, 3.8) is 0 Å². The number of fused-ring (bicyclic) bond motifs is 1. The summed E-state index contributed by atoms with van der Waals surface area (Å²) in [5.74, 6) is 1.40. The third-order valence-corrected chi connectivity index (χ3v) is 5.83. The van der Waals surface area contributed by atoms with Crippen LogP contribution in [0.5, 0.6) is 17.2 Å². The van der Waals surface area contributed by atoms with E-state index in [1.54, 1.807) is 12.1 Å². The van der Waals surface area contributed by atoms with Gasteiger partial charge in [0.05, 0.1) is 21.3 Å². The number of nitrogens with zero attached hydrogens (tertiary/aromatic N) is 1. The third-order valence-electron chi connectivity index (χ3n) is 5.63. The molecule has 0 spiro atoms. The van der Waals surface area contributed by atoms with Gasteiger partial charge in [0.15, 0.2) is 28.1 Å². The minimum atomic E-state index is -0.412. The van der Waals surface area contributed by atoms with E-state index in [0.717, 1.165) is 28.8 Å². The number of nitrogens with one attached hydrogen (secondary N) is 2. The molecule has 9 heteroatoms. The van der Waals surface area contributed by atoms with E-state index < -0.39 is 5.91 Å². The number of oxazole rings is 1. The molecule has 4 aromatic rings. The fourth-order valence-electron chi connectivity index (χ4n) is 3.75. The third kappa shape index (κ3) is 5.58. The molecule has 0 aliphatic rings. The van der Waals surface area contributed by atoms with Gasteiger partial charge in [-0.2, -0.15) is 0 Å². The monoisotopic (exact) mass is 505 g/mol. The zero-order valence-corrected chi connectivity index (χ0v) is 21.3. The summed E-state index contributed by atoms with van der Waals surface area (Å²) in [6, 6.07) is 16.9. The maximum Gasteiger partial charge on any atom is 0.257 e. The van der Waals surface area contributed by atoms with Crippen LogP contribution in [0.3, 0.4) is 0 Å². The van der Waals surface area contributed by atoms with E-state index in [1.807, 2.05) is 30.3 Å². The van der Waals surface area contributed by atoms with Gasteiger partial charge in [0.25, 0.3) is 5.91 Å². The second kappa shape index (κ2) is 11.1. The van der Waals surface area contributed by atoms with Crippen molar-refractivity contribution in [1.82, 2.24) is 10.3 Å². The van der Waals surface area contributed by atoms with E-state index in [2.05, 4.69) is 34.7 Å². The zero-order chi connectivity index (χ0) is 25.7. The molecule has 1 heterocycles. The molecule has 36 heavy (non-hydrogen) atoms. The van der Waals surface area contributed by atoms with Crippen LogP contribution < -0.4 is 24.8 Å². The first-order chi connectivity index (χ1) is 17.4. The molecule has 0 saturated carbocycles. The van der Waals surface area contributed by atoms with Gasteiger partial charge in [-0.1, -0.05) is 25.1 Å². The fraction of sp³-hybridized carbons (Fsp3) is 0.222. The smallest absolute Gasteiger partial charge is 0.257 e. The summed E-state index contributed by atoms with van der Waals surface area (Å²) >= 11 is 5.32. The Balaban J connectivity index is 1.38. The number of anilines is 1. The van der Waals surface area contributed by atoms with Gasteiger partial charge in [-0.25, -0.2) is 4.98 Å². The van der Waals surface area contributed by atoms with Crippen LogP contribution in [-0.2, 0) is 12.8 Å². The first kappa shape index (κ1) is 25.0. The minimum Gasteiger partial charge on any atom is -0.493 e. The summed E-state index contributed by atoms with van der Waals surface area (Å²) in [5, 5.41) is 5.85.